The molecule has 0 bridgehead atoms. The zero-order valence-corrected chi connectivity index (χ0v) is 40.5. The first-order chi connectivity index (χ1) is 31.0. The number of hydrogen-bond donors (Lipinski definition) is 0. The van der Waals surface area contributed by atoms with E-state index in [-0.39, 0.29) is 37.5 Å². The highest BCUT2D eigenvalue weighted by molar-refractivity contribution is 5.71. The van der Waals surface area contributed by atoms with Crippen molar-refractivity contribution in [1.29, 1.82) is 0 Å². The number of unbranched alkanes of at least 4 members (excludes halogenated alkanes) is 15. The van der Waals surface area contributed by atoms with Gasteiger partial charge in [-0.1, -0.05) is 214 Å². The number of carbonyl (C=O) groups excluding carboxylic acids is 3. The van der Waals surface area contributed by atoms with Gasteiger partial charge in [-0.15, -0.1) is 0 Å². The number of rotatable bonds is 44. The van der Waals surface area contributed by atoms with E-state index in [9.17, 15) is 14.4 Å². The van der Waals surface area contributed by atoms with Crippen LogP contribution in [-0.4, -0.2) is 37.2 Å². The molecule has 0 saturated carbocycles. The molecular weight excluding hydrogens is 781 g/mol. The predicted molar refractivity (Wildman–Crippen MR) is 270 cm³/mol. The second kappa shape index (κ2) is 50.7. The van der Waals surface area contributed by atoms with E-state index in [0.717, 1.165) is 116 Å². The second-order valence-corrected chi connectivity index (χ2v) is 16.3. The van der Waals surface area contributed by atoms with Crippen LogP contribution in [0.1, 0.15) is 213 Å². The SMILES string of the molecule is CC/C=C\C/C=C\C/C=C\C/C=C\C/C=C\C/C=C\CCC(=O)OC[C@H](COC(=O)CCCCCCC/C=C\C/C=C\C/C=C\CC)OC(=O)CCCCCCCCCCCCC. The van der Waals surface area contributed by atoms with Crippen molar-refractivity contribution in [2.45, 2.75) is 219 Å². The van der Waals surface area contributed by atoms with Crippen LogP contribution in [0.25, 0.3) is 0 Å². The van der Waals surface area contributed by atoms with Crippen molar-refractivity contribution in [3.63, 3.8) is 0 Å². The minimum Gasteiger partial charge on any atom is -0.462 e. The molecule has 356 valence electrons. The maximum absolute atomic E-state index is 12.8. The summed E-state index contributed by atoms with van der Waals surface area (Å²) in [4.78, 5) is 37.9. The van der Waals surface area contributed by atoms with Crippen molar-refractivity contribution in [3.8, 4) is 0 Å². The number of hydrogen-bond acceptors (Lipinski definition) is 6. The summed E-state index contributed by atoms with van der Waals surface area (Å²) in [6, 6.07) is 0. The predicted octanol–water partition coefficient (Wildman–Crippen LogP) is 16.8. The second-order valence-electron chi connectivity index (χ2n) is 16.3. The minimum absolute atomic E-state index is 0.111. The molecule has 0 saturated heterocycles. The van der Waals surface area contributed by atoms with Crippen LogP contribution in [-0.2, 0) is 28.6 Å². The monoisotopic (exact) mass is 873 g/mol. The van der Waals surface area contributed by atoms with Crippen LogP contribution >= 0.6 is 0 Å². The van der Waals surface area contributed by atoms with Gasteiger partial charge in [0.15, 0.2) is 6.10 Å². The topological polar surface area (TPSA) is 78.9 Å². The lowest BCUT2D eigenvalue weighted by Crippen LogP contribution is -2.30. The van der Waals surface area contributed by atoms with Crippen LogP contribution in [0.2, 0.25) is 0 Å². The average molecular weight is 873 g/mol. The van der Waals surface area contributed by atoms with Crippen molar-refractivity contribution in [3.05, 3.63) is 109 Å². The van der Waals surface area contributed by atoms with E-state index < -0.39 is 6.10 Å². The summed E-state index contributed by atoms with van der Waals surface area (Å²) in [6.07, 6.45) is 68.0. The number of carbonyl (C=O) groups is 3. The van der Waals surface area contributed by atoms with Crippen molar-refractivity contribution in [1.82, 2.24) is 0 Å². The molecule has 0 aromatic carbocycles. The van der Waals surface area contributed by atoms with Gasteiger partial charge in [0.1, 0.15) is 13.2 Å². The van der Waals surface area contributed by atoms with E-state index in [4.69, 9.17) is 14.2 Å². The highest BCUT2D eigenvalue weighted by Crippen LogP contribution is 2.14. The fourth-order valence-electron chi connectivity index (χ4n) is 6.54. The lowest BCUT2D eigenvalue weighted by atomic mass is 10.1. The zero-order chi connectivity index (χ0) is 45.8. The molecule has 0 amide bonds. The lowest BCUT2D eigenvalue weighted by Gasteiger charge is -2.18. The Hall–Kier alpha value is -3.93. The normalized spacial score (nSPS) is 13.0. The first-order valence-electron chi connectivity index (χ1n) is 25.4. The molecule has 0 aliphatic rings. The maximum Gasteiger partial charge on any atom is 0.306 e. The zero-order valence-electron chi connectivity index (χ0n) is 40.5. The van der Waals surface area contributed by atoms with E-state index in [0.29, 0.717) is 19.3 Å². The summed E-state index contributed by atoms with van der Waals surface area (Å²) in [5.74, 6) is -1.02. The van der Waals surface area contributed by atoms with E-state index >= 15 is 0 Å². The standard InChI is InChI=1S/C57H92O6/c1-4-7-10-13-16-19-22-24-26-27-28-29-31-33-36-38-41-44-47-50-56(59)62-53-54(63-57(60)51-48-45-42-39-34-21-18-15-12-9-6-3)52-61-55(58)49-46-43-40-37-35-32-30-25-23-20-17-14-11-8-5-2/h7-8,10-11,16-17,19-20,24-26,28-30,33,36,41,44,54H,4-6,9,12-15,18,21-23,27,31-32,34-35,37-40,42-43,45-53H2,1-3H3/b10-7-,11-8-,19-16-,20-17-,26-24-,29-28-,30-25-,36-33-,44-41-/t54-/m0/s1. The third kappa shape index (κ3) is 49.0. The fourth-order valence-corrected chi connectivity index (χ4v) is 6.54. The Morgan fingerprint density at radius 2 is 0.651 bits per heavy atom. The van der Waals surface area contributed by atoms with Gasteiger partial charge in [0.2, 0.25) is 0 Å². The summed E-state index contributed by atoms with van der Waals surface area (Å²) >= 11 is 0. The molecule has 0 aliphatic heterocycles. The van der Waals surface area contributed by atoms with Gasteiger partial charge in [0.05, 0.1) is 0 Å². The average Bonchev–Trinajstić information content (AvgIpc) is 3.28. The third-order valence-electron chi connectivity index (χ3n) is 10.3. The van der Waals surface area contributed by atoms with Gasteiger partial charge in [-0.05, 0) is 89.9 Å². The molecule has 0 spiro atoms. The highest BCUT2D eigenvalue weighted by atomic mass is 16.6. The molecule has 0 aliphatic carbocycles. The van der Waals surface area contributed by atoms with Gasteiger partial charge in [-0.2, -0.15) is 0 Å². The Labute approximate surface area is 387 Å². The maximum atomic E-state index is 12.8. The first-order valence-corrected chi connectivity index (χ1v) is 25.4. The molecule has 0 fully saturated rings. The Bertz CT molecular complexity index is 1330. The molecule has 6 heteroatoms. The molecule has 1 atom stereocenters. The fraction of sp³-hybridized carbons (Fsp3) is 0.632. The molecule has 0 radical (unpaired) electrons. The largest absolute Gasteiger partial charge is 0.462 e. The van der Waals surface area contributed by atoms with Gasteiger partial charge in [0, 0.05) is 19.3 Å². The molecular formula is C57H92O6. The van der Waals surface area contributed by atoms with E-state index in [1.807, 2.05) is 12.2 Å². The van der Waals surface area contributed by atoms with Gasteiger partial charge < -0.3 is 14.2 Å². The third-order valence-corrected chi connectivity index (χ3v) is 10.3. The van der Waals surface area contributed by atoms with Crippen molar-refractivity contribution < 1.29 is 28.6 Å². The van der Waals surface area contributed by atoms with Crippen LogP contribution in [0.5, 0.6) is 0 Å². The quantitative estimate of drug-likeness (QED) is 0.0263. The molecule has 0 heterocycles. The van der Waals surface area contributed by atoms with Crippen molar-refractivity contribution in [2.75, 3.05) is 13.2 Å². The van der Waals surface area contributed by atoms with Crippen molar-refractivity contribution in [2.24, 2.45) is 0 Å². The van der Waals surface area contributed by atoms with Crippen molar-refractivity contribution >= 4 is 17.9 Å². The van der Waals surface area contributed by atoms with Crippen LogP contribution in [0.3, 0.4) is 0 Å². The van der Waals surface area contributed by atoms with Gasteiger partial charge >= 0.3 is 17.9 Å². The van der Waals surface area contributed by atoms with Crippen LogP contribution in [0.15, 0.2) is 109 Å². The Morgan fingerprint density at radius 1 is 0.333 bits per heavy atom. The number of esters is 3. The summed E-state index contributed by atoms with van der Waals surface area (Å²) in [7, 11) is 0. The Morgan fingerprint density at radius 3 is 1.06 bits per heavy atom. The number of allylic oxidation sites excluding steroid dienone is 18. The van der Waals surface area contributed by atoms with Gasteiger partial charge in [-0.25, -0.2) is 0 Å². The van der Waals surface area contributed by atoms with Gasteiger partial charge in [0.25, 0.3) is 0 Å². The molecule has 6 nitrogen and oxygen atoms in total. The Balaban J connectivity index is 4.51. The molecule has 0 N–H and O–H groups in total. The molecule has 0 unspecified atom stereocenters. The Kier molecular flexibility index (Phi) is 47.5. The molecule has 0 aromatic heterocycles. The van der Waals surface area contributed by atoms with E-state index in [1.54, 1.807) is 0 Å². The lowest BCUT2D eigenvalue weighted by molar-refractivity contribution is -0.166. The first kappa shape index (κ1) is 59.1. The van der Waals surface area contributed by atoms with E-state index in [2.05, 4.69) is 118 Å². The summed E-state index contributed by atoms with van der Waals surface area (Å²) in [6.45, 7) is 6.31. The highest BCUT2D eigenvalue weighted by Gasteiger charge is 2.19. The molecule has 63 heavy (non-hydrogen) atoms. The summed E-state index contributed by atoms with van der Waals surface area (Å²) in [5, 5.41) is 0. The van der Waals surface area contributed by atoms with Crippen LogP contribution < -0.4 is 0 Å². The number of ether oxygens (including phenoxy) is 3. The summed E-state index contributed by atoms with van der Waals surface area (Å²) < 4.78 is 16.7. The van der Waals surface area contributed by atoms with Crippen LogP contribution in [0, 0.1) is 0 Å². The molecule has 0 aromatic rings. The smallest absolute Gasteiger partial charge is 0.306 e. The van der Waals surface area contributed by atoms with E-state index in [1.165, 1.54) is 51.4 Å². The van der Waals surface area contributed by atoms with Crippen LogP contribution in [0.4, 0.5) is 0 Å². The van der Waals surface area contributed by atoms with Gasteiger partial charge in [-0.3, -0.25) is 14.4 Å². The summed E-state index contributed by atoms with van der Waals surface area (Å²) in [5.41, 5.74) is 0. The minimum atomic E-state index is -0.814. The molecule has 0 rings (SSSR count).